The van der Waals surface area contributed by atoms with E-state index in [1.807, 2.05) is 6.07 Å². The second-order valence-electron chi connectivity index (χ2n) is 10.8. The molecule has 5 N–H and O–H groups in total. The molecule has 0 spiro atoms. The summed E-state index contributed by atoms with van der Waals surface area (Å²) in [5.41, 5.74) is 8.29. The number of carbonyl (C=O) groups excluding carboxylic acids is 2. The number of benzene rings is 3. The molecule has 2 fully saturated rings. The summed E-state index contributed by atoms with van der Waals surface area (Å²) in [5.74, 6) is -0.669. The van der Waals surface area contributed by atoms with Crippen LogP contribution in [0.3, 0.4) is 0 Å². The molecule has 1 aliphatic heterocycles. The molecule has 41 heavy (non-hydrogen) atoms. The van der Waals surface area contributed by atoms with Crippen LogP contribution in [0.25, 0.3) is 0 Å². The average Bonchev–Trinajstić information content (AvgIpc) is 3.72. The third kappa shape index (κ3) is 6.59. The van der Waals surface area contributed by atoms with E-state index in [4.69, 9.17) is 5.73 Å². The molecule has 1 saturated heterocycles. The summed E-state index contributed by atoms with van der Waals surface area (Å²) in [6.07, 6.45) is 2.89. The van der Waals surface area contributed by atoms with Crippen molar-refractivity contribution in [1.82, 2.24) is 4.90 Å². The SMILES string of the molecule is N#Cc1cccc(C(N)(CCC2CC2)c2ccc(F)c(NC(=O)C3CC(O)CN3C(=O)Nc3ccc(Br)cc3)c2)c1. The Morgan fingerprint density at radius 2 is 1.83 bits per heavy atom. The van der Waals surface area contributed by atoms with Gasteiger partial charge in [-0.25, -0.2) is 9.18 Å². The molecule has 3 aromatic carbocycles. The molecule has 1 heterocycles. The van der Waals surface area contributed by atoms with Crippen molar-refractivity contribution in [3.63, 3.8) is 0 Å². The summed E-state index contributed by atoms with van der Waals surface area (Å²) in [6.45, 7) is -0.0364. The van der Waals surface area contributed by atoms with Gasteiger partial charge in [0.1, 0.15) is 11.9 Å². The maximum atomic E-state index is 15.1. The van der Waals surface area contributed by atoms with Crippen LogP contribution in [0, 0.1) is 23.1 Å². The number of urea groups is 1. The lowest BCUT2D eigenvalue weighted by atomic mass is 9.79. The van der Waals surface area contributed by atoms with Crippen LogP contribution < -0.4 is 16.4 Å². The van der Waals surface area contributed by atoms with Gasteiger partial charge in [0.05, 0.1) is 29.0 Å². The van der Waals surface area contributed by atoms with E-state index in [9.17, 15) is 20.0 Å². The van der Waals surface area contributed by atoms with Gasteiger partial charge in [-0.1, -0.05) is 47.0 Å². The van der Waals surface area contributed by atoms with Gasteiger partial charge in [-0.3, -0.25) is 4.79 Å². The maximum absolute atomic E-state index is 15.1. The number of likely N-dealkylation sites (tertiary alicyclic amines) is 1. The van der Waals surface area contributed by atoms with E-state index in [1.165, 1.54) is 17.0 Å². The van der Waals surface area contributed by atoms with Crippen molar-refractivity contribution in [1.29, 1.82) is 5.26 Å². The number of hydrogen-bond donors (Lipinski definition) is 4. The van der Waals surface area contributed by atoms with Gasteiger partial charge in [0.15, 0.2) is 0 Å². The number of nitrogens with zero attached hydrogens (tertiary/aromatic N) is 2. The lowest BCUT2D eigenvalue weighted by molar-refractivity contribution is -0.119. The van der Waals surface area contributed by atoms with Crippen LogP contribution in [0.5, 0.6) is 0 Å². The first-order chi connectivity index (χ1) is 19.7. The van der Waals surface area contributed by atoms with Gasteiger partial charge in [0.2, 0.25) is 5.91 Å². The molecule has 1 aliphatic carbocycles. The normalized spacial score (nSPS) is 19.7. The molecule has 10 heteroatoms. The Balaban J connectivity index is 1.38. The lowest BCUT2D eigenvalue weighted by Gasteiger charge is -2.32. The Kier molecular flexibility index (Phi) is 8.40. The minimum atomic E-state index is -1.01. The van der Waals surface area contributed by atoms with Gasteiger partial charge in [-0.05, 0) is 78.4 Å². The number of hydrogen-bond acceptors (Lipinski definition) is 5. The van der Waals surface area contributed by atoms with Crippen molar-refractivity contribution in [3.05, 3.63) is 93.7 Å². The quantitative estimate of drug-likeness (QED) is 0.266. The van der Waals surface area contributed by atoms with Crippen molar-refractivity contribution in [2.24, 2.45) is 11.7 Å². The summed E-state index contributed by atoms with van der Waals surface area (Å²) in [6, 6.07) is 19.0. The highest BCUT2D eigenvalue weighted by Gasteiger charge is 2.40. The van der Waals surface area contributed by atoms with E-state index < -0.39 is 35.4 Å². The highest BCUT2D eigenvalue weighted by Crippen LogP contribution is 2.40. The van der Waals surface area contributed by atoms with Crippen molar-refractivity contribution in [2.75, 3.05) is 17.2 Å². The lowest BCUT2D eigenvalue weighted by Crippen LogP contribution is -2.45. The van der Waals surface area contributed by atoms with Crippen LogP contribution >= 0.6 is 15.9 Å². The first kappa shape index (κ1) is 28.7. The fourth-order valence-corrected chi connectivity index (χ4v) is 5.55. The number of nitrogens with two attached hydrogens (primary N) is 1. The molecule has 3 atom stereocenters. The number of aliphatic hydroxyl groups is 1. The molecule has 0 radical (unpaired) electrons. The van der Waals surface area contributed by atoms with Crippen LogP contribution in [-0.4, -0.2) is 40.6 Å². The van der Waals surface area contributed by atoms with Crippen LogP contribution in [0.2, 0.25) is 0 Å². The summed E-state index contributed by atoms with van der Waals surface area (Å²) in [7, 11) is 0. The molecule has 2 aliphatic rings. The third-order valence-electron chi connectivity index (χ3n) is 7.83. The monoisotopic (exact) mass is 619 g/mol. The molecular formula is C31H31BrFN5O3. The predicted octanol–water partition coefficient (Wildman–Crippen LogP) is 5.46. The topological polar surface area (TPSA) is 131 Å². The number of anilines is 2. The second kappa shape index (κ2) is 12.0. The average molecular weight is 621 g/mol. The van der Waals surface area contributed by atoms with Crippen LogP contribution in [0.15, 0.2) is 71.2 Å². The highest BCUT2D eigenvalue weighted by atomic mass is 79.9. The van der Waals surface area contributed by atoms with E-state index in [1.54, 1.807) is 48.5 Å². The van der Waals surface area contributed by atoms with Gasteiger partial charge >= 0.3 is 6.03 Å². The fraction of sp³-hybridized carbons (Fsp3) is 0.323. The molecule has 3 unspecified atom stereocenters. The van der Waals surface area contributed by atoms with Gasteiger partial charge < -0.3 is 26.4 Å². The number of rotatable bonds is 8. The first-order valence-corrected chi connectivity index (χ1v) is 14.4. The van der Waals surface area contributed by atoms with Crippen molar-refractivity contribution in [3.8, 4) is 6.07 Å². The van der Waals surface area contributed by atoms with Gasteiger partial charge in [0, 0.05) is 23.1 Å². The van der Waals surface area contributed by atoms with Crippen molar-refractivity contribution in [2.45, 2.75) is 49.8 Å². The molecule has 8 nitrogen and oxygen atoms in total. The fourth-order valence-electron chi connectivity index (χ4n) is 5.29. The zero-order valence-corrected chi connectivity index (χ0v) is 23.9. The maximum Gasteiger partial charge on any atom is 0.322 e. The first-order valence-electron chi connectivity index (χ1n) is 13.6. The Labute approximate surface area is 246 Å². The van der Waals surface area contributed by atoms with E-state index in [2.05, 4.69) is 32.6 Å². The summed E-state index contributed by atoms with van der Waals surface area (Å²) in [4.78, 5) is 27.6. The Morgan fingerprint density at radius 3 is 2.54 bits per heavy atom. The van der Waals surface area contributed by atoms with Gasteiger partial charge in [-0.2, -0.15) is 5.26 Å². The largest absolute Gasteiger partial charge is 0.391 e. The Bertz CT molecular complexity index is 1490. The minimum absolute atomic E-state index is 0.0179. The predicted molar refractivity (Wildman–Crippen MR) is 157 cm³/mol. The molecule has 3 aromatic rings. The highest BCUT2D eigenvalue weighted by molar-refractivity contribution is 9.10. The second-order valence-corrected chi connectivity index (χ2v) is 11.7. The molecule has 1 saturated carbocycles. The molecule has 0 aromatic heterocycles. The summed E-state index contributed by atoms with van der Waals surface area (Å²) in [5, 5.41) is 25.1. The van der Waals surface area contributed by atoms with E-state index in [0.717, 1.165) is 29.3 Å². The number of nitriles is 1. The zero-order chi connectivity index (χ0) is 29.1. The third-order valence-corrected chi connectivity index (χ3v) is 8.36. The Morgan fingerprint density at radius 1 is 1.10 bits per heavy atom. The molecule has 3 amide bonds. The minimum Gasteiger partial charge on any atom is -0.391 e. The standard InChI is InChI=1S/C31H31BrFN5O3/c32-23-7-9-24(10-8-23)36-30(41)38-18-25(39)16-28(38)29(40)37-27-15-22(6-11-26(27)33)31(35,13-12-19-4-5-19)21-3-1-2-20(14-21)17-34/h1-3,6-11,14-15,19,25,28,39H,4-5,12-13,16,18,35H2,(H,36,41)(H,37,40). The van der Waals surface area contributed by atoms with Crippen molar-refractivity contribution < 1.29 is 19.1 Å². The van der Waals surface area contributed by atoms with Crippen LogP contribution in [-0.2, 0) is 10.3 Å². The summed E-state index contributed by atoms with van der Waals surface area (Å²) < 4.78 is 15.9. The Hall–Kier alpha value is -3.78. The van der Waals surface area contributed by atoms with E-state index in [-0.39, 0.29) is 18.7 Å². The van der Waals surface area contributed by atoms with Gasteiger partial charge in [-0.15, -0.1) is 0 Å². The summed E-state index contributed by atoms with van der Waals surface area (Å²) >= 11 is 3.35. The number of aliphatic hydroxyl groups excluding tert-OH is 1. The smallest absolute Gasteiger partial charge is 0.322 e. The number of β-amino-alcohol motifs (C(OH)–C–C–N with tert-alkyl or cyclic N) is 1. The molecule has 212 valence electrons. The van der Waals surface area contributed by atoms with E-state index in [0.29, 0.717) is 29.2 Å². The van der Waals surface area contributed by atoms with Gasteiger partial charge in [0.25, 0.3) is 0 Å². The molecular weight excluding hydrogens is 589 g/mol. The van der Waals surface area contributed by atoms with E-state index >= 15 is 4.39 Å². The number of halogens is 2. The zero-order valence-electron chi connectivity index (χ0n) is 22.3. The number of carbonyl (C=O) groups is 2. The molecule has 5 rings (SSSR count). The number of nitrogens with one attached hydrogen (secondary N) is 2. The number of amides is 3. The van der Waals surface area contributed by atoms with Crippen LogP contribution in [0.4, 0.5) is 20.6 Å². The van der Waals surface area contributed by atoms with Crippen molar-refractivity contribution >= 4 is 39.2 Å². The van der Waals surface area contributed by atoms with Crippen LogP contribution in [0.1, 0.15) is 48.8 Å². The molecule has 0 bridgehead atoms.